The molecule has 1 aromatic carbocycles. The molecule has 3 N–H and O–H groups in total. The molecule has 0 saturated carbocycles. The molecule has 2 fully saturated rings. The zero-order valence-corrected chi connectivity index (χ0v) is 10.9. The number of carbonyl (C=O) groups is 1. The van der Waals surface area contributed by atoms with Gasteiger partial charge in [0.25, 0.3) is 0 Å². The van der Waals surface area contributed by atoms with Gasteiger partial charge in [-0.25, -0.2) is 4.79 Å². The molecule has 2 aliphatic rings. The molecule has 1 spiro atoms. The number of nitrogens with one attached hydrogen (secondary N) is 1. The van der Waals surface area contributed by atoms with E-state index in [2.05, 4.69) is 5.32 Å². The lowest BCUT2D eigenvalue weighted by Crippen LogP contribution is -2.56. The number of ether oxygens (including phenoxy) is 1. The summed E-state index contributed by atoms with van der Waals surface area (Å²) in [5.74, 6) is 0. The van der Waals surface area contributed by atoms with Crippen molar-refractivity contribution in [2.75, 3.05) is 30.3 Å². The highest BCUT2D eigenvalue weighted by Crippen LogP contribution is 2.33. The van der Waals surface area contributed by atoms with E-state index in [0.717, 1.165) is 38.0 Å². The summed E-state index contributed by atoms with van der Waals surface area (Å²) < 4.78 is 5.71. The number of piperidine rings is 1. The van der Waals surface area contributed by atoms with E-state index in [0.29, 0.717) is 12.2 Å². The Morgan fingerprint density at radius 1 is 1.32 bits per heavy atom. The molecular weight excluding hydrogens is 242 g/mol. The van der Waals surface area contributed by atoms with Crippen LogP contribution in [0.3, 0.4) is 0 Å². The molecule has 1 amide bonds. The molecule has 2 saturated heterocycles. The van der Waals surface area contributed by atoms with Crippen LogP contribution in [0.1, 0.15) is 19.3 Å². The number of amides is 1. The fourth-order valence-corrected chi connectivity index (χ4v) is 2.89. The van der Waals surface area contributed by atoms with Crippen LogP contribution in [-0.2, 0) is 4.74 Å². The second-order valence-electron chi connectivity index (χ2n) is 5.29. The monoisotopic (exact) mass is 261 g/mol. The summed E-state index contributed by atoms with van der Waals surface area (Å²) in [4.78, 5) is 13.9. The van der Waals surface area contributed by atoms with E-state index in [-0.39, 0.29) is 11.7 Å². The van der Waals surface area contributed by atoms with E-state index in [1.54, 1.807) is 11.0 Å². The Kier molecular flexibility index (Phi) is 3.06. The van der Waals surface area contributed by atoms with Crippen LogP contribution in [0.4, 0.5) is 16.2 Å². The third-order valence-corrected chi connectivity index (χ3v) is 3.98. The van der Waals surface area contributed by atoms with Crippen LogP contribution in [0.2, 0.25) is 0 Å². The van der Waals surface area contributed by atoms with Gasteiger partial charge in [-0.15, -0.1) is 0 Å². The molecule has 1 unspecified atom stereocenters. The van der Waals surface area contributed by atoms with Crippen molar-refractivity contribution in [2.45, 2.75) is 24.9 Å². The summed E-state index contributed by atoms with van der Waals surface area (Å²) in [6.45, 7) is 2.43. The van der Waals surface area contributed by atoms with E-state index in [1.165, 1.54) is 0 Å². The topological polar surface area (TPSA) is 67.6 Å². The molecule has 0 aromatic heterocycles. The molecule has 1 atom stereocenters. The minimum Gasteiger partial charge on any atom is -0.441 e. The third kappa shape index (κ3) is 2.26. The van der Waals surface area contributed by atoms with Crippen molar-refractivity contribution in [2.24, 2.45) is 0 Å². The Labute approximate surface area is 112 Å². The van der Waals surface area contributed by atoms with Crippen LogP contribution >= 0.6 is 0 Å². The second kappa shape index (κ2) is 4.74. The molecular formula is C14H19N3O2. The SMILES string of the molecule is Nc1ccccc1N1CCC2(CCCNC2)OC1=O. The first-order valence-electron chi connectivity index (χ1n) is 6.76. The highest BCUT2D eigenvalue weighted by Gasteiger charge is 2.42. The molecule has 2 heterocycles. The maximum absolute atomic E-state index is 12.2. The quantitative estimate of drug-likeness (QED) is 0.756. The van der Waals surface area contributed by atoms with Crippen molar-refractivity contribution >= 4 is 17.5 Å². The van der Waals surface area contributed by atoms with Gasteiger partial charge >= 0.3 is 6.09 Å². The second-order valence-corrected chi connectivity index (χ2v) is 5.29. The maximum Gasteiger partial charge on any atom is 0.414 e. The summed E-state index contributed by atoms with van der Waals surface area (Å²) in [5, 5.41) is 3.31. The molecule has 102 valence electrons. The van der Waals surface area contributed by atoms with E-state index in [1.807, 2.05) is 18.2 Å². The predicted molar refractivity (Wildman–Crippen MR) is 74.1 cm³/mol. The van der Waals surface area contributed by atoms with Crippen molar-refractivity contribution in [3.05, 3.63) is 24.3 Å². The van der Waals surface area contributed by atoms with Gasteiger partial charge in [0, 0.05) is 19.5 Å². The molecule has 19 heavy (non-hydrogen) atoms. The molecule has 5 heteroatoms. The number of hydrogen-bond acceptors (Lipinski definition) is 4. The van der Waals surface area contributed by atoms with Crippen LogP contribution in [0, 0.1) is 0 Å². The molecule has 0 bridgehead atoms. The number of rotatable bonds is 1. The molecule has 0 aliphatic carbocycles. The van der Waals surface area contributed by atoms with Gasteiger partial charge in [-0.2, -0.15) is 0 Å². The largest absolute Gasteiger partial charge is 0.441 e. The maximum atomic E-state index is 12.2. The third-order valence-electron chi connectivity index (χ3n) is 3.98. The number of nitrogens with zero attached hydrogens (tertiary/aromatic N) is 1. The number of nitrogen functional groups attached to an aromatic ring is 1. The van der Waals surface area contributed by atoms with E-state index < -0.39 is 0 Å². The lowest BCUT2D eigenvalue weighted by molar-refractivity contribution is -0.0211. The predicted octanol–water partition coefficient (Wildman–Crippen LogP) is 1.74. The zero-order chi connectivity index (χ0) is 13.3. The van der Waals surface area contributed by atoms with Crippen molar-refractivity contribution in [3.8, 4) is 0 Å². The van der Waals surface area contributed by atoms with Crippen LogP contribution in [0.5, 0.6) is 0 Å². The lowest BCUT2D eigenvalue weighted by Gasteiger charge is -2.43. The first-order valence-corrected chi connectivity index (χ1v) is 6.76. The van der Waals surface area contributed by atoms with Gasteiger partial charge in [-0.05, 0) is 31.5 Å². The van der Waals surface area contributed by atoms with Gasteiger partial charge < -0.3 is 15.8 Å². The highest BCUT2D eigenvalue weighted by molar-refractivity contribution is 5.92. The summed E-state index contributed by atoms with van der Waals surface area (Å²) in [7, 11) is 0. The van der Waals surface area contributed by atoms with Crippen molar-refractivity contribution < 1.29 is 9.53 Å². The van der Waals surface area contributed by atoms with Crippen LogP contribution < -0.4 is 16.0 Å². The number of para-hydroxylation sites is 2. The van der Waals surface area contributed by atoms with Crippen molar-refractivity contribution in [1.82, 2.24) is 5.32 Å². The first-order chi connectivity index (χ1) is 9.20. The number of carbonyl (C=O) groups excluding carboxylic acids is 1. The van der Waals surface area contributed by atoms with Gasteiger partial charge in [0.1, 0.15) is 5.60 Å². The first kappa shape index (κ1) is 12.3. The fourth-order valence-electron chi connectivity index (χ4n) is 2.89. The summed E-state index contributed by atoms with van der Waals surface area (Å²) in [5.41, 5.74) is 6.96. The molecule has 5 nitrogen and oxygen atoms in total. The average Bonchev–Trinajstić information content (AvgIpc) is 2.41. The number of hydrogen-bond donors (Lipinski definition) is 2. The normalized spacial score (nSPS) is 27.4. The smallest absolute Gasteiger partial charge is 0.414 e. The van der Waals surface area contributed by atoms with Gasteiger partial charge in [-0.3, -0.25) is 4.90 Å². The van der Waals surface area contributed by atoms with Crippen molar-refractivity contribution in [3.63, 3.8) is 0 Å². The summed E-state index contributed by atoms with van der Waals surface area (Å²) in [6, 6.07) is 7.40. The van der Waals surface area contributed by atoms with Crippen LogP contribution in [-0.4, -0.2) is 31.3 Å². The lowest BCUT2D eigenvalue weighted by atomic mass is 9.89. The van der Waals surface area contributed by atoms with Gasteiger partial charge in [-0.1, -0.05) is 12.1 Å². The Morgan fingerprint density at radius 2 is 2.16 bits per heavy atom. The fraction of sp³-hybridized carbons (Fsp3) is 0.500. The molecule has 0 radical (unpaired) electrons. The Bertz CT molecular complexity index is 483. The van der Waals surface area contributed by atoms with E-state index >= 15 is 0 Å². The zero-order valence-electron chi connectivity index (χ0n) is 10.9. The Morgan fingerprint density at radius 3 is 2.84 bits per heavy atom. The summed E-state index contributed by atoms with van der Waals surface area (Å²) in [6.07, 6.45) is 2.57. The number of anilines is 2. The van der Waals surface area contributed by atoms with Gasteiger partial charge in [0.05, 0.1) is 11.4 Å². The van der Waals surface area contributed by atoms with Gasteiger partial charge in [0.2, 0.25) is 0 Å². The standard InChI is InChI=1S/C14H19N3O2/c15-11-4-1-2-5-12(11)17-9-7-14(19-13(17)18)6-3-8-16-10-14/h1-2,4-5,16H,3,6-10,15H2. The number of benzene rings is 1. The molecule has 3 rings (SSSR count). The van der Waals surface area contributed by atoms with E-state index in [4.69, 9.17) is 10.5 Å². The van der Waals surface area contributed by atoms with E-state index in [9.17, 15) is 4.79 Å². The molecule has 1 aromatic rings. The number of nitrogens with two attached hydrogens (primary N) is 1. The highest BCUT2D eigenvalue weighted by atomic mass is 16.6. The van der Waals surface area contributed by atoms with Crippen LogP contribution in [0.25, 0.3) is 0 Å². The Balaban J connectivity index is 1.78. The molecule has 2 aliphatic heterocycles. The van der Waals surface area contributed by atoms with Gasteiger partial charge in [0.15, 0.2) is 0 Å². The Hall–Kier alpha value is -1.75. The minimum atomic E-state index is -0.310. The van der Waals surface area contributed by atoms with Crippen LogP contribution in [0.15, 0.2) is 24.3 Å². The summed E-state index contributed by atoms with van der Waals surface area (Å²) >= 11 is 0. The average molecular weight is 261 g/mol. The minimum absolute atomic E-state index is 0.284. The van der Waals surface area contributed by atoms with Crippen molar-refractivity contribution in [1.29, 1.82) is 0 Å².